The van der Waals surface area contributed by atoms with Crippen molar-refractivity contribution in [3.63, 3.8) is 0 Å². The molecule has 0 saturated carbocycles. The highest BCUT2D eigenvalue weighted by Gasteiger charge is 2.14. The third kappa shape index (κ3) is 4.72. The van der Waals surface area contributed by atoms with Gasteiger partial charge >= 0.3 is 0 Å². The highest BCUT2D eigenvalue weighted by atomic mass is 32.1. The summed E-state index contributed by atoms with van der Waals surface area (Å²) in [5.74, 6) is 0.405. The number of thiocarbonyl (C=S) groups is 1. The monoisotopic (exact) mass is 282 g/mol. The van der Waals surface area contributed by atoms with Gasteiger partial charge < -0.3 is 10.5 Å². The van der Waals surface area contributed by atoms with Gasteiger partial charge in [0.2, 0.25) is 5.88 Å². The van der Waals surface area contributed by atoms with Crippen molar-refractivity contribution in [3.8, 4) is 5.88 Å². The summed E-state index contributed by atoms with van der Waals surface area (Å²) in [6.07, 6.45) is 3.12. The van der Waals surface area contributed by atoms with Crippen molar-refractivity contribution in [1.82, 2.24) is 14.9 Å². The number of rotatable bonds is 7. The van der Waals surface area contributed by atoms with Crippen molar-refractivity contribution in [2.75, 3.05) is 13.2 Å². The van der Waals surface area contributed by atoms with Gasteiger partial charge in [-0.1, -0.05) is 12.2 Å². The second-order valence-electron chi connectivity index (χ2n) is 4.85. The van der Waals surface area contributed by atoms with Crippen molar-refractivity contribution in [2.45, 2.75) is 39.8 Å². The van der Waals surface area contributed by atoms with Crippen molar-refractivity contribution in [1.29, 1.82) is 0 Å². The molecule has 1 aromatic heterocycles. The van der Waals surface area contributed by atoms with E-state index in [0.717, 1.165) is 6.54 Å². The van der Waals surface area contributed by atoms with E-state index in [4.69, 9.17) is 22.7 Å². The fourth-order valence-electron chi connectivity index (χ4n) is 1.96. The van der Waals surface area contributed by atoms with Crippen molar-refractivity contribution in [3.05, 3.63) is 18.1 Å². The third-order valence-corrected chi connectivity index (χ3v) is 3.01. The maximum atomic E-state index is 5.65. The van der Waals surface area contributed by atoms with Crippen LogP contribution in [0.25, 0.3) is 0 Å². The standard InChI is InChI=1S/C13H22N4OS/c1-9(2)17(10(3)4)7-8-18-13-11(12(14)19)15-5-6-16-13/h5-6,9-10H,7-8H2,1-4H3,(H2,14,19). The minimum atomic E-state index is 0.202. The summed E-state index contributed by atoms with van der Waals surface area (Å²) in [5.41, 5.74) is 6.02. The fraction of sp³-hybridized carbons (Fsp3) is 0.615. The summed E-state index contributed by atoms with van der Waals surface area (Å²) in [7, 11) is 0. The Balaban J connectivity index is 2.60. The Labute approximate surface area is 120 Å². The Morgan fingerprint density at radius 3 is 2.37 bits per heavy atom. The van der Waals surface area contributed by atoms with Gasteiger partial charge in [0, 0.05) is 31.0 Å². The van der Waals surface area contributed by atoms with Crippen LogP contribution in [0.4, 0.5) is 0 Å². The SMILES string of the molecule is CC(C)N(CCOc1nccnc1C(N)=S)C(C)C. The lowest BCUT2D eigenvalue weighted by atomic mass is 10.2. The van der Waals surface area contributed by atoms with Gasteiger partial charge in [0.25, 0.3) is 0 Å². The first kappa shape index (κ1) is 15.8. The zero-order chi connectivity index (χ0) is 14.4. The van der Waals surface area contributed by atoms with Gasteiger partial charge in [0.1, 0.15) is 11.6 Å². The van der Waals surface area contributed by atoms with E-state index in [1.165, 1.54) is 0 Å². The first-order valence-electron chi connectivity index (χ1n) is 6.42. The zero-order valence-corrected chi connectivity index (χ0v) is 12.8. The van der Waals surface area contributed by atoms with Gasteiger partial charge in [-0.05, 0) is 27.7 Å². The maximum Gasteiger partial charge on any atom is 0.243 e. The van der Waals surface area contributed by atoms with E-state index < -0.39 is 0 Å². The fourth-order valence-corrected chi connectivity index (χ4v) is 2.10. The first-order valence-corrected chi connectivity index (χ1v) is 6.83. The van der Waals surface area contributed by atoms with Crippen LogP contribution in [0.1, 0.15) is 33.4 Å². The molecule has 0 amide bonds. The third-order valence-electron chi connectivity index (χ3n) is 2.81. The molecule has 1 heterocycles. The Bertz CT molecular complexity index is 415. The molecule has 0 atom stereocenters. The van der Waals surface area contributed by atoms with Crippen LogP contribution in [0.5, 0.6) is 5.88 Å². The van der Waals surface area contributed by atoms with Gasteiger partial charge in [-0.3, -0.25) is 4.90 Å². The molecule has 0 aliphatic heterocycles. The normalized spacial score (nSPS) is 11.3. The van der Waals surface area contributed by atoms with Crippen LogP contribution < -0.4 is 10.5 Å². The molecule has 19 heavy (non-hydrogen) atoms. The number of aromatic nitrogens is 2. The lowest BCUT2D eigenvalue weighted by Gasteiger charge is -2.30. The molecule has 0 aromatic carbocycles. The van der Waals surface area contributed by atoms with Crippen molar-refractivity contribution in [2.24, 2.45) is 5.73 Å². The lowest BCUT2D eigenvalue weighted by molar-refractivity contribution is 0.140. The minimum Gasteiger partial charge on any atom is -0.475 e. The summed E-state index contributed by atoms with van der Waals surface area (Å²) in [6.45, 7) is 10.0. The number of nitrogens with two attached hydrogens (primary N) is 1. The average molecular weight is 282 g/mol. The average Bonchev–Trinajstić information content (AvgIpc) is 2.33. The van der Waals surface area contributed by atoms with E-state index in [2.05, 4.69) is 42.6 Å². The van der Waals surface area contributed by atoms with E-state index >= 15 is 0 Å². The molecule has 0 bridgehead atoms. The van der Waals surface area contributed by atoms with Crippen molar-refractivity contribution >= 4 is 17.2 Å². The first-order chi connectivity index (χ1) is 8.93. The van der Waals surface area contributed by atoms with Gasteiger partial charge in [-0.2, -0.15) is 0 Å². The van der Waals surface area contributed by atoms with E-state index in [1.54, 1.807) is 12.4 Å². The van der Waals surface area contributed by atoms with Crippen LogP contribution in [-0.2, 0) is 0 Å². The summed E-state index contributed by atoms with van der Waals surface area (Å²) >= 11 is 4.92. The molecule has 0 radical (unpaired) electrons. The molecule has 6 heteroatoms. The zero-order valence-electron chi connectivity index (χ0n) is 12.0. The Kier molecular flexibility index (Phi) is 6.11. The van der Waals surface area contributed by atoms with Crippen LogP contribution in [0.3, 0.4) is 0 Å². The van der Waals surface area contributed by atoms with Gasteiger partial charge in [-0.15, -0.1) is 0 Å². The van der Waals surface area contributed by atoms with Crippen LogP contribution in [0.15, 0.2) is 12.4 Å². The molecule has 0 aliphatic rings. The Morgan fingerprint density at radius 2 is 1.84 bits per heavy atom. The summed E-state index contributed by atoms with van der Waals surface area (Å²) in [5, 5.41) is 0. The summed E-state index contributed by atoms with van der Waals surface area (Å²) in [6, 6.07) is 0.945. The Morgan fingerprint density at radius 1 is 1.26 bits per heavy atom. The van der Waals surface area contributed by atoms with Crippen LogP contribution in [0, 0.1) is 0 Å². The predicted octanol–water partition coefficient (Wildman–Crippen LogP) is 1.61. The van der Waals surface area contributed by atoms with Crippen LogP contribution >= 0.6 is 12.2 Å². The molecule has 5 nitrogen and oxygen atoms in total. The number of hydrogen-bond donors (Lipinski definition) is 1. The van der Waals surface area contributed by atoms with E-state index in [9.17, 15) is 0 Å². The van der Waals surface area contributed by atoms with E-state index in [0.29, 0.717) is 30.3 Å². The largest absolute Gasteiger partial charge is 0.475 e. The number of nitrogens with zero attached hydrogens (tertiary/aromatic N) is 3. The van der Waals surface area contributed by atoms with Crippen molar-refractivity contribution < 1.29 is 4.74 Å². The molecular formula is C13H22N4OS. The highest BCUT2D eigenvalue weighted by molar-refractivity contribution is 7.80. The Hall–Kier alpha value is -1.27. The molecule has 0 aliphatic carbocycles. The van der Waals surface area contributed by atoms with Gasteiger partial charge in [0.15, 0.2) is 5.69 Å². The molecule has 1 aromatic rings. The number of ether oxygens (including phenoxy) is 1. The molecular weight excluding hydrogens is 260 g/mol. The molecule has 2 N–H and O–H groups in total. The smallest absolute Gasteiger partial charge is 0.243 e. The van der Waals surface area contributed by atoms with Crippen LogP contribution in [0.2, 0.25) is 0 Å². The number of hydrogen-bond acceptors (Lipinski definition) is 5. The molecule has 0 spiro atoms. The lowest BCUT2D eigenvalue weighted by Crippen LogP contribution is -2.39. The van der Waals surface area contributed by atoms with Crippen LogP contribution in [-0.4, -0.2) is 45.1 Å². The summed E-state index contributed by atoms with van der Waals surface area (Å²) in [4.78, 5) is 10.7. The molecule has 0 unspecified atom stereocenters. The second-order valence-corrected chi connectivity index (χ2v) is 5.29. The van der Waals surface area contributed by atoms with E-state index in [-0.39, 0.29) is 4.99 Å². The maximum absolute atomic E-state index is 5.65. The highest BCUT2D eigenvalue weighted by Crippen LogP contribution is 2.11. The quantitative estimate of drug-likeness (QED) is 0.767. The van der Waals surface area contributed by atoms with Gasteiger partial charge in [-0.25, -0.2) is 9.97 Å². The second kappa shape index (κ2) is 7.35. The topological polar surface area (TPSA) is 64.3 Å². The molecule has 0 fully saturated rings. The summed E-state index contributed by atoms with van der Waals surface area (Å²) < 4.78 is 5.65. The van der Waals surface area contributed by atoms with Gasteiger partial charge in [0.05, 0.1) is 0 Å². The molecule has 0 saturated heterocycles. The predicted molar refractivity (Wildman–Crippen MR) is 80.4 cm³/mol. The minimum absolute atomic E-state index is 0.202. The van der Waals surface area contributed by atoms with E-state index in [1.807, 2.05) is 0 Å². The molecule has 106 valence electrons. The molecule has 1 rings (SSSR count).